The summed E-state index contributed by atoms with van der Waals surface area (Å²) in [5, 5.41) is 11.7. The fraction of sp³-hybridized carbons (Fsp3) is 0.429. The number of aryl methyl sites for hydroxylation is 1. The number of rotatable bonds is 3. The second-order valence-corrected chi connectivity index (χ2v) is 4.93. The molecule has 0 radical (unpaired) electrons. The van der Waals surface area contributed by atoms with Crippen LogP contribution in [0.25, 0.3) is 0 Å². The Morgan fingerprint density at radius 1 is 1.32 bits per heavy atom. The number of carbonyl (C=O) groups is 2. The first-order valence-corrected chi connectivity index (χ1v) is 6.29. The molecule has 2 N–H and O–H groups in total. The molecule has 1 aliphatic carbocycles. The molecule has 4 nitrogen and oxygen atoms in total. The molecule has 1 aromatic rings. The molecule has 1 saturated carbocycles. The Hall–Kier alpha value is -1.91. The lowest BCUT2D eigenvalue weighted by atomic mass is 9.95. The van der Waals surface area contributed by atoms with Crippen LogP contribution in [0, 0.1) is 24.6 Å². The molecular weight excluding hydrogens is 249 g/mol. The van der Waals surface area contributed by atoms with Gasteiger partial charge in [0.15, 0.2) is 0 Å². The number of hydrogen-bond acceptors (Lipinski definition) is 2. The summed E-state index contributed by atoms with van der Waals surface area (Å²) in [5.41, 5.74) is 1.15. The number of anilines is 1. The van der Waals surface area contributed by atoms with Gasteiger partial charge in [0.1, 0.15) is 5.82 Å². The second-order valence-electron chi connectivity index (χ2n) is 4.93. The molecule has 2 atom stereocenters. The van der Waals surface area contributed by atoms with E-state index < -0.39 is 23.6 Å². The number of carboxylic acid groups (broad SMARTS) is 1. The van der Waals surface area contributed by atoms with Crippen molar-refractivity contribution in [3.8, 4) is 0 Å². The molecule has 0 aromatic heterocycles. The second kappa shape index (κ2) is 5.38. The third-order valence-electron chi connectivity index (χ3n) is 3.63. The van der Waals surface area contributed by atoms with E-state index in [4.69, 9.17) is 5.11 Å². The van der Waals surface area contributed by atoms with E-state index in [1.54, 1.807) is 13.0 Å². The van der Waals surface area contributed by atoms with Crippen LogP contribution in [0.3, 0.4) is 0 Å². The van der Waals surface area contributed by atoms with E-state index in [9.17, 15) is 14.0 Å². The molecule has 102 valence electrons. The quantitative estimate of drug-likeness (QED) is 0.882. The zero-order chi connectivity index (χ0) is 14.0. The van der Waals surface area contributed by atoms with Gasteiger partial charge in [-0.2, -0.15) is 0 Å². The number of nitrogens with one attached hydrogen (secondary N) is 1. The molecular formula is C14H16FNO3. The molecule has 0 unspecified atom stereocenters. The van der Waals surface area contributed by atoms with E-state index in [1.165, 1.54) is 12.1 Å². The van der Waals surface area contributed by atoms with E-state index in [1.807, 2.05) is 0 Å². The smallest absolute Gasteiger partial charge is 0.307 e. The Labute approximate surface area is 110 Å². The van der Waals surface area contributed by atoms with E-state index in [-0.39, 0.29) is 5.91 Å². The summed E-state index contributed by atoms with van der Waals surface area (Å²) in [6.07, 6.45) is 1.82. The minimum absolute atomic E-state index is 0.335. The number of benzene rings is 1. The van der Waals surface area contributed by atoms with Crippen LogP contribution in [-0.2, 0) is 9.59 Å². The standard InChI is InChI=1S/C14H16FNO3/c1-8-5-6-9(15)7-12(8)16-13(17)10-3-2-4-11(10)14(18)19/h5-7,10-11H,2-4H2,1H3,(H,16,17)(H,18,19)/t10-,11+/m1/s1. The Morgan fingerprint density at radius 2 is 2.00 bits per heavy atom. The maximum atomic E-state index is 13.1. The molecule has 2 rings (SSSR count). The third kappa shape index (κ3) is 2.92. The van der Waals surface area contributed by atoms with E-state index >= 15 is 0 Å². The van der Waals surface area contributed by atoms with Crippen LogP contribution in [0.5, 0.6) is 0 Å². The highest BCUT2D eigenvalue weighted by molar-refractivity contribution is 5.95. The van der Waals surface area contributed by atoms with Crippen LogP contribution in [-0.4, -0.2) is 17.0 Å². The van der Waals surface area contributed by atoms with Gasteiger partial charge in [-0.25, -0.2) is 4.39 Å². The predicted octanol–water partition coefficient (Wildman–Crippen LogP) is 2.57. The lowest BCUT2D eigenvalue weighted by molar-refractivity contribution is -0.145. The summed E-state index contributed by atoms with van der Waals surface area (Å²) >= 11 is 0. The first-order valence-electron chi connectivity index (χ1n) is 6.29. The highest BCUT2D eigenvalue weighted by Gasteiger charge is 2.37. The fourth-order valence-corrected chi connectivity index (χ4v) is 2.52. The van der Waals surface area contributed by atoms with Crippen molar-refractivity contribution in [2.24, 2.45) is 11.8 Å². The lowest BCUT2D eigenvalue weighted by Crippen LogP contribution is -2.30. The van der Waals surface area contributed by atoms with Gasteiger partial charge in [0.25, 0.3) is 0 Å². The number of amides is 1. The molecule has 1 aromatic carbocycles. The van der Waals surface area contributed by atoms with Crippen LogP contribution in [0.2, 0.25) is 0 Å². The van der Waals surface area contributed by atoms with E-state index in [0.29, 0.717) is 18.5 Å². The van der Waals surface area contributed by atoms with Crippen LogP contribution < -0.4 is 5.32 Å². The first kappa shape index (κ1) is 13.5. The van der Waals surface area contributed by atoms with Crippen LogP contribution in [0.1, 0.15) is 24.8 Å². The normalized spacial score (nSPS) is 22.2. The van der Waals surface area contributed by atoms with Crippen molar-refractivity contribution in [3.63, 3.8) is 0 Å². The predicted molar refractivity (Wildman–Crippen MR) is 68.2 cm³/mol. The molecule has 1 fully saturated rings. The average molecular weight is 265 g/mol. The number of aliphatic carboxylic acids is 1. The van der Waals surface area contributed by atoms with Crippen molar-refractivity contribution >= 4 is 17.6 Å². The van der Waals surface area contributed by atoms with E-state index in [0.717, 1.165) is 12.0 Å². The van der Waals surface area contributed by atoms with Gasteiger partial charge < -0.3 is 10.4 Å². The first-order chi connectivity index (χ1) is 8.99. The molecule has 0 heterocycles. The van der Waals surface area contributed by atoms with Crippen molar-refractivity contribution in [2.45, 2.75) is 26.2 Å². The van der Waals surface area contributed by atoms with Crippen molar-refractivity contribution < 1.29 is 19.1 Å². The van der Waals surface area contributed by atoms with Crippen molar-refractivity contribution in [1.82, 2.24) is 0 Å². The largest absolute Gasteiger partial charge is 0.481 e. The summed E-state index contributed by atoms with van der Waals surface area (Å²) in [7, 11) is 0. The van der Waals surface area contributed by atoms with Gasteiger partial charge in [-0.3, -0.25) is 9.59 Å². The summed E-state index contributed by atoms with van der Waals surface area (Å²) in [4.78, 5) is 23.1. The Kier molecular flexibility index (Phi) is 3.83. The van der Waals surface area contributed by atoms with Gasteiger partial charge in [-0.05, 0) is 37.5 Å². The van der Waals surface area contributed by atoms with Gasteiger partial charge in [0, 0.05) is 5.69 Å². The van der Waals surface area contributed by atoms with E-state index in [2.05, 4.69) is 5.32 Å². The molecule has 0 aliphatic heterocycles. The summed E-state index contributed by atoms with van der Waals surface area (Å²) < 4.78 is 13.1. The van der Waals surface area contributed by atoms with Crippen LogP contribution in [0.4, 0.5) is 10.1 Å². The molecule has 0 spiro atoms. The zero-order valence-corrected chi connectivity index (χ0v) is 10.6. The maximum Gasteiger partial charge on any atom is 0.307 e. The molecule has 19 heavy (non-hydrogen) atoms. The summed E-state index contributed by atoms with van der Waals surface area (Å²) in [5.74, 6) is -2.86. The number of hydrogen-bond donors (Lipinski definition) is 2. The molecule has 0 saturated heterocycles. The van der Waals surface area contributed by atoms with Crippen molar-refractivity contribution in [1.29, 1.82) is 0 Å². The highest BCUT2D eigenvalue weighted by Crippen LogP contribution is 2.33. The number of carboxylic acids is 1. The zero-order valence-electron chi connectivity index (χ0n) is 10.6. The minimum Gasteiger partial charge on any atom is -0.481 e. The van der Waals surface area contributed by atoms with Crippen molar-refractivity contribution in [2.75, 3.05) is 5.32 Å². The van der Waals surface area contributed by atoms with Gasteiger partial charge >= 0.3 is 5.97 Å². The number of halogens is 1. The van der Waals surface area contributed by atoms with Crippen LogP contribution >= 0.6 is 0 Å². The highest BCUT2D eigenvalue weighted by atomic mass is 19.1. The molecule has 1 amide bonds. The Balaban J connectivity index is 2.12. The average Bonchev–Trinajstić information content (AvgIpc) is 2.83. The van der Waals surface area contributed by atoms with Gasteiger partial charge in [-0.15, -0.1) is 0 Å². The maximum absolute atomic E-state index is 13.1. The molecule has 1 aliphatic rings. The SMILES string of the molecule is Cc1ccc(F)cc1NC(=O)[C@@H]1CCC[C@@H]1C(=O)O. The topological polar surface area (TPSA) is 66.4 Å². The van der Waals surface area contributed by atoms with Crippen LogP contribution in [0.15, 0.2) is 18.2 Å². The molecule has 0 bridgehead atoms. The van der Waals surface area contributed by atoms with Gasteiger partial charge in [0.05, 0.1) is 11.8 Å². The van der Waals surface area contributed by atoms with Gasteiger partial charge in [-0.1, -0.05) is 12.5 Å². The van der Waals surface area contributed by atoms with Gasteiger partial charge in [0.2, 0.25) is 5.91 Å². The Morgan fingerprint density at radius 3 is 2.68 bits per heavy atom. The third-order valence-corrected chi connectivity index (χ3v) is 3.63. The Bertz CT molecular complexity index is 515. The van der Waals surface area contributed by atoms with Crippen molar-refractivity contribution in [3.05, 3.63) is 29.6 Å². The number of carbonyl (C=O) groups excluding carboxylic acids is 1. The molecule has 5 heteroatoms. The minimum atomic E-state index is -0.936. The monoisotopic (exact) mass is 265 g/mol. The summed E-state index contributed by atoms with van der Waals surface area (Å²) in [6, 6.07) is 4.15. The summed E-state index contributed by atoms with van der Waals surface area (Å²) in [6.45, 7) is 1.76. The fourth-order valence-electron chi connectivity index (χ4n) is 2.52. The lowest BCUT2D eigenvalue weighted by Gasteiger charge is -2.16.